The van der Waals surface area contributed by atoms with Gasteiger partial charge in [0.15, 0.2) is 0 Å². The van der Waals surface area contributed by atoms with E-state index in [4.69, 9.17) is 4.98 Å². The molecule has 1 aliphatic rings. The molecule has 0 radical (unpaired) electrons. The lowest BCUT2D eigenvalue weighted by molar-refractivity contribution is 0.501. The minimum Gasteiger partial charge on any atom is -0.316 e. The Balaban J connectivity index is 1.95. The molecule has 2 nitrogen and oxygen atoms in total. The van der Waals surface area contributed by atoms with Crippen molar-refractivity contribution in [1.29, 1.82) is 0 Å². The number of thioether (sulfide) groups is 1. The van der Waals surface area contributed by atoms with Crippen LogP contribution in [0.25, 0.3) is 0 Å². The van der Waals surface area contributed by atoms with Crippen LogP contribution in [0.3, 0.4) is 0 Å². The number of hydrogen-bond donors (Lipinski definition) is 1. The predicted molar refractivity (Wildman–Crippen MR) is 92.0 cm³/mol. The van der Waals surface area contributed by atoms with Gasteiger partial charge in [-0.25, -0.2) is 4.98 Å². The Bertz CT molecular complexity index is 403. The SMILES string of the molecule is CCCNCC1CCCc2sc(CSC(C)CC)nc21. The summed E-state index contributed by atoms with van der Waals surface area (Å²) in [7, 11) is 0. The van der Waals surface area contributed by atoms with E-state index >= 15 is 0 Å². The normalized spacial score (nSPS) is 19.9. The van der Waals surface area contributed by atoms with Gasteiger partial charge in [-0.2, -0.15) is 11.8 Å². The largest absolute Gasteiger partial charge is 0.316 e. The van der Waals surface area contributed by atoms with Crippen LogP contribution in [0, 0.1) is 0 Å². The minimum absolute atomic E-state index is 0.656. The predicted octanol–water partition coefficient (Wildman–Crippen LogP) is 4.59. The van der Waals surface area contributed by atoms with Crippen LogP contribution in [-0.2, 0) is 12.2 Å². The van der Waals surface area contributed by atoms with Crippen LogP contribution in [-0.4, -0.2) is 23.3 Å². The number of rotatable bonds is 8. The monoisotopic (exact) mass is 312 g/mol. The Hall–Kier alpha value is -0.0600. The number of hydrogen-bond acceptors (Lipinski definition) is 4. The molecule has 0 aliphatic heterocycles. The summed E-state index contributed by atoms with van der Waals surface area (Å²) < 4.78 is 0. The number of thiazole rings is 1. The Kier molecular flexibility index (Phi) is 6.85. The summed E-state index contributed by atoms with van der Waals surface area (Å²) in [5, 5.41) is 5.67. The van der Waals surface area contributed by atoms with Gasteiger partial charge in [-0.3, -0.25) is 0 Å². The maximum absolute atomic E-state index is 4.97. The fraction of sp³-hybridized carbons (Fsp3) is 0.812. The van der Waals surface area contributed by atoms with Gasteiger partial charge in [0.2, 0.25) is 0 Å². The first-order chi connectivity index (χ1) is 9.74. The zero-order valence-electron chi connectivity index (χ0n) is 13.1. The number of nitrogens with one attached hydrogen (secondary N) is 1. The van der Waals surface area contributed by atoms with E-state index in [0.717, 1.165) is 24.1 Å². The molecule has 0 saturated heterocycles. The molecule has 1 aromatic rings. The second-order valence-electron chi connectivity index (χ2n) is 5.74. The van der Waals surface area contributed by atoms with Gasteiger partial charge in [-0.15, -0.1) is 11.3 Å². The number of aryl methyl sites for hydroxylation is 1. The maximum atomic E-state index is 4.97. The highest BCUT2D eigenvalue weighted by Crippen LogP contribution is 2.36. The average molecular weight is 313 g/mol. The molecule has 2 rings (SSSR count). The lowest BCUT2D eigenvalue weighted by atomic mass is 9.91. The van der Waals surface area contributed by atoms with Crippen molar-refractivity contribution in [1.82, 2.24) is 10.3 Å². The zero-order chi connectivity index (χ0) is 14.4. The molecular formula is C16H28N2S2. The van der Waals surface area contributed by atoms with Crippen LogP contribution in [0.5, 0.6) is 0 Å². The molecule has 0 amide bonds. The van der Waals surface area contributed by atoms with E-state index in [1.54, 1.807) is 4.88 Å². The fourth-order valence-electron chi connectivity index (χ4n) is 2.60. The highest BCUT2D eigenvalue weighted by Gasteiger charge is 2.24. The van der Waals surface area contributed by atoms with Crippen molar-refractivity contribution in [3.8, 4) is 0 Å². The van der Waals surface area contributed by atoms with Crippen molar-refractivity contribution in [3.63, 3.8) is 0 Å². The number of fused-ring (bicyclic) bond motifs is 1. The molecule has 0 spiro atoms. The van der Waals surface area contributed by atoms with E-state index in [2.05, 4.69) is 26.1 Å². The third-order valence-electron chi connectivity index (χ3n) is 4.00. The van der Waals surface area contributed by atoms with E-state index in [0.29, 0.717) is 5.92 Å². The number of aromatic nitrogens is 1. The topological polar surface area (TPSA) is 24.9 Å². The van der Waals surface area contributed by atoms with E-state index in [1.165, 1.54) is 42.8 Å². The van der Waals surface area contributed by atoms with E-state index in [-0.39, 0.29) is 0 Å². The first kappa shape index (κ1) is 16.3. The van der Waals surface area contributed by atoms with Gasteiger partial charge in [0.05, 0.1) is 5.69 Å². The highest BCUT2D eigenvalue weighted by molar-refractivity contribution is 7.99. The van der Waals surface area contributed by atoms with Crippen molar-refractivity contribution >= 4 is 23.1 Å². The first-order valence-electron chi connectivity index (χ1n) is 8.05. The molecule has 0 fully saturated rings. The molecule has 1 aliphatic carbocycles. The Morgan fingerprint density at radius 3 is 3.05 bits per heavy atom. The fourth-order valence-corrected chi connectivity index (χ4v) is 4.76. The molecule has 2 unspecified atom stereocenters. The summed E-state index contributed by atoms with van der Waals surface area (Å²) in [4.78, 5) is 6.54. The summed E-state index contributed by atoms with van der Waals surface area (Å²) in [5.41, 5.74) is 1.42. The Morgan fingerprint density at radius 1 is 1.45 bits per heavy atom. The van der Waals surface area contributed by atoms with Gasteiger partial charge < -0.3 is 5.32 Å². The molecule has 2 atom stereocenters. The number of nitrogens with zero attached hydrogens (tertiary/aromatic N) is 1. The highest BCUT2D eigenvalue weighted by atomic mass is 32.2. The van der Waals surface area contributed by atoms with Crippen molar-refractivity contribution in [3.05, 3.63) is 15.6 Å². The van der Waals surface area contributed by atoms with Crippen LogP contribution >= 0.6 is 23.1 Å². The van der Waals surface area contributed by atoms with Crippen LogP contribution in [0.15, 0.2) is 0 Å². The zero-order valence-corrected chi connectivity index (χ0v) is 14.7. The van der Waals surface area contributed by atoms with Crippen molar-refractivity contribution < 1.29 is 0 Å². The molecule has 0 saturated carbocycles. The molecule has 1 aromatic heterocycles. The maximum Gasteiger partial charge on any atom is 0.103 e. The lowest BCUT2D eigenvalue weighted by Crippen LogP contribution is -2.24. The average Bonchev–Trinajstić information content (AvgIpc) is 2.89. The summed E-state index contributed by atoms with van der Waals surface area (Å²) in [6.45, 7) is 9.05. The van der Waals surface area contributed by atoms with Gasteiger partial charge in [0, 0.05) is 28.3 Å². The van der Waals surface area contributed by atoms with Crippen molar-refractivity contribution in [2.24, 2.45) is 0 Å². The summed E-state index contributed by atoms with van der Waals surface area (Å²) in [6.07, 6.45) is 6.37. The molecule has 0 bridgehead atoms. The summed E-state index contributed by atoms with van der Waals surface area (Å²) in [6, 6.07) is 0. The van der Waals surface area contributed by atoms with Crippen molar-refractivity contribution in [2.45, 2.75) is 69.8 Å². The van der Waals surface area contributed by atoms with Gasteiger partial charge in [-0.1, -0.05) is 20.8 Å². The second-order valence-corrected chi connectivity index (χ2v) is 8.33. The van der Waals surface area contributed by atoms with Gasteiger partial charge in [0.25, 0.3) is 0 Å². The van der Waals surface area contributed by atoms with Crippen LogP contribution < -0.4 is 5.32 Å². The molecule has 1 heterocycles. The van der Waals surface area contributed by atoms with Crippen LogP contribution in [0.4, 0.5) is 0 Å². The third-order valence-corrected chi connectivity index (χ3v) is 6.65. The molecule has 114 valence electrons. The molecule has 20 heavy (non-hydrogen) atoms. The quantitative estimate of drug-likeness (QED) is 0.710. The van der Waals surface area contributed by atoms with Gasteiger partial charge in [-0.05, 0) is 38.6 Å². The van der Waals surface area contributed by atoms with Crippen LogP contribution in [0.1, 0.15) is 68.0 Å². The summed E-state index contributed by atoms with van der Waals surface area (Å²) >= 11 is 4.02. The second kappa shape index (κ2) is 8.40. The standard InChI is InChI=1S/C16H28N2S2/c1-4-9-17-10-13-7-6-8-14-16(13)18-15(20-14)11-19-12(3)5-2/h12-13,17H,4-11H2,1-3H3. The van der Waals surface area contributed by atoms with E-state index in [9.17, 15) is 0 Å². The molecule has 1 N–H and O–H groups in total. The van der Waals surface area contributed by atoms with E-state index in [1.807, 2.05) is 23.1 Å². The van der Waals surface area contributed by atoms with Crippen LogP contribution in [0.2, 0.25) is 0 Å². The molecule has 0 aromatic carbocycles. The third kappa shape index (κ3) is 4.47. The van der Waals surface area contributed by atoms with Gasteiger partial charge >= 0.3 is 0 Å². The molecule has 4 heteroatoms. The Morgan fingerprint density at radius 2 is 2.30 bits per heavy atom. The Labute approximate surface area is 132 Å². The minimum atomic E-state index is 0.656. The molecular weight excluding hydrogens is 284 g/mol. The van der Waals surface area contributed by atoms with E-state index < -0.39 is 0 Å². The smallest absolute Gasteiger partial charge is 0.103 e. The summed E-state index contributed by atoms with van der Waals surface area (Å²) in [5.74, 6) is 1.76. The van der Waals surface area contributed by atoms with Crippen molar-refractivity contribution in [2.75, 3.05) is 13.1 Å². The van der Waals surface area contributed by atoms with Gasteiger partial charge in [0.1, 0.15) is 5.01 Å². The lowest BCUT2D eigenvalue weighted by Gasteiger charge is -2.21. The first-order valence-corrected chi connectivity index (χ1v) is 9.91.